The number of rotatable bonds is 8. The highest BCUT2D eigenvalue weighted by molar-refractivity contribution is 7.93. The Balaban J connectivity index is 0.000000614. The second-order valence-corrected chi connectivity index (χ2v) is 8.36. The van der Waals surface area contributed by atoms with Gasteiger partial charge in [0.15, 0.2) is 21.3 Å². The van der Waals surface area contributed by atoms with Crippen LogP contribution >= 0.6 is 0 Å². The monoisotopic (exact) mass is 430 g/mol. The Hall–Kier alpha value is -2.75. The number of carbonyl (C=O) groups excluding carboxylic acids is 1. The molecule has 164 valence electrons. The normalized spacial score (nSPS) is 12.4. The molecule has 0 unspecified atom stereocenters. The van der Waals surface area contributed by atoms with Crippen molar-refractivity contribution in [3.8, 4) is 11.5 Å². The standard InChI is InChI=1S/C12H17NO4S.C7H13NO3/c1-4-17-12-7-9(5-6-11(12)16-2)10(13)8-18(3,14)15;1-4(2)6(7(10)11)8-5(3)9/h5-8H,4,13H2,1-3H3;4,6H,1-3H3,(H,8,9)(H,10,11)/b10-8-;/t;6-/m.0/s1. The summed E-state index contributed by atoms with van der Waals surface area (Å²) in [6, 6.07) is 4.24. The summed E-state index contributed by atoms with van der Waals surface area (Å²) >= 11 is 0. The van der Waals surface area contributed by atoms with Gasteiger partial charge in [0, 0.05) is 18.7 Å². The first-order chi connectivity index (χ1) is 13.3. The first-order valence-corrected chi connectivity index (χ1v) is 10.8. The summed E-state index contributed by atoms with van der Waals surface area (Å²) in [6.45, 7) is 7.12. The number of sulfone groups is 1. The molecule has 29 heavy (non-hydrogen) atoms. The molecule has 0 heterocycles. The predicted octanol–water partition coefficient (Wildman–Crippen LogP) is 1.63. The average Bonchev–Trinajstić information content (AvgIpc) is 2.58. The maximum absolute atomic E-state index is 11.1. The molecule has 0 aliphatic heterocycles. The van der Waals surface area contributed by atoms with Crippen LogP contribution in [0.4, 0.5) is 0 Å². The van der Waals surface area contributed by atoms with Crippen LogP contribution in [-0.2, 0) is 19.4 Å². The number of carboxylic acid groups (broad SMARTS) is 1. The van der Waals surface area contributed by atoms with E-state index in [2.05, 4.69) is 5.32 Å². The number of nitrogens with one attached hydrogen (secondary N) is 1. The Morgan fingerprint density at radius 3 is 2.21 bits per heavy atom. The van der Waals surface area contributed by atoms with Gasteiger partial charge >= 0.3 is 5.97 Å². The molecule has 1 rings (SSSR count). The summed E-state index contributed by atoms with van der Waals surface area (Å²) < 4.78 is 32.8. The van der Waals surface area contributed by atoms with Gasteiger partial charge < -0.3 is 25.6 Å². The lowest BCUT2D eigenvalue weighted by atomic mass is 10.1. The molecule has 0 fully saturated rings. The smallest absolute Gasteiger partial charge is 0.326 e. The number of methoxy groups -OCH3 is 1. The number of ether oxygens (including phenoxy) is 2. The van der Waals surface area contributed by atoms with Gasteiger partial charge in [-0.3, -0.25) is 4.79 Å². The Labute approximate surface area is 171 Å². The van der Waals surface area contributed by atoms with E-state index in [1.54, 1.807) is 32.0 Å². The van der Waals surface area contributed by atoms with E-state index < -0.39 is 21.8 Å². The third-order valence-corrected chi connectivity index (χ3v) is 4.11. The van der Waals surface area contributed by atoms with E-state index >= 15 is 0 Å². The highest BCUT2D eigenvalue weighted by Gasteiger charge is 2.21. The Kier molecular flexibility index (Phi) is 10.8. The Morgan fingerprint density at radius 1 is 1.28 bits per heavy atom. The zero-order chi connectivity index (χ0) is 22.8. The van der Waals surface area contributed by atoms with Crippen LogP contribution in [0.25, 0.3) is 5.70 Å². The lowest BCUT2D eigenvalue weighted by molar-refractivity contribution is -0.142. The van der Waals surface area contributed by atoms with Crippen molar-refractivity contribution >= 4 is 27.4 Å². The quantitative estimate of drug-likeness (QED) is 0.564. The molecule has 1 aromatic rings. The summed E-state index contributed by atoms with van der Waals surface area (Å²) in [5.74, 6) is -0.284. The molecular formula is C19H30N2O7S. The van der Waals surface area contributed by atoms with E-state index in [1.807, 2.05) is 6.92 Å². The summed E-state index contributed by atoms with van der Waals surface area (Å²) in [5, 5.41) is 11.9. The van der Waals surface area contributed by atoms with E-state index in [-0.39, 0.29) is 17.5 Å². The largest absolute Gasteiger partial charge is 0.493 e. The van der Waals surface area contributed by atoms with Gasteiger partial charge in [0.2, 0.25) is 5.91 Å². The number of carbonyl (C=O) groups is 2. The molecule has 0 aliphatic rings. The van der Waals surface area contributed by atoms with Gasteiger partial charge in [-0.2, -0.15) is 0 Å². The van der Waals surface area contributed by atoms with Crippen molar-refractivity contribution < 1.29 is 32.6 Å². The molecule has 0 spiro atoms. The van der Waals surface area contributed by atoms with Crippen molar-refractivity contribution in [2.24, 2.45) is 11.7 Å². The van der Waals surface area contributed by atoms with E-state index in [1.165, 1.54) is 14.0 Å². The van der Waals surface area contributed by atoms with Crippen molar-refractivity contribution in [2.45, 2.75) is 33.7 Å². The Bertz CT molecular complexity index is 833. The van der Waals surface area contributed by atoms with Crippen molar-refractivity contribution in [3.63, 3.8) is 0 Å². The maximum Gasteiger partial charge on any atom is 0.326 e. The van der Waals surface area contributed by atoms with Gasteiger partial charge in [-0.1, -0.05) is 13.8 Å². The number of hydrogen-bond acceptors (Lipinski definition) is 7. The summed E-state index contributed by atoms with van der Waals surface area (Å²) in [4.78, 5) is 21.0. The van der Waals surface area contributed by atoms with E-state index in [0.29, 0.717) is 23.7 Å². The highest BCUT2D eigenvalue weighted by atomic mass is 32.2. The molecule has 0 saturated carbocycles. The summed E-state index contributed by atoms with van der Waals surface area (Å²) in [5.41, 5.74) is 6.46. The Morgan fingerprint density at radius 2 is 1.86 bits per heavy atom. The van der Waals surface area contributed by atoms with Crippen molar-refractivity contribution in [1.29, 1.82) is 0 Å². The molecule has 0 saturated heterocycles. The summed E-state index contributed by atoms with van der Waals surface area (Å²) in [6.07, 6.45) is 1.09. The zero-order valence-electron chi connectivity index (χ0n) is 17.6. The van der Waals surface area contributed by atoms with E-state index in [4.69, 9.17) is 20.3 Å². The lowest BCUT2D eigenvalue weighted by Gasteiger charge is -2.16. The average molecular weight is 431 g/mol. The maximum atomic E-state index is 11.1. The molecule has 0 bridgehead atoms. The van der Waals surface area contributed by atoms with Gasteiger partial charge in [-0.15, -0.1) is 0 Å². The molecule has 0 aromatic heterocycles. The van der Waals surface area contributed by atoms with Crippen LogP contribution in [-0.4, -0.2) is 51.4 Å². The van der Waals surface area contributed by atoms with Crippen LogP contribution in [0.3, 0.4) is 0 Å². The number of nitrogens with two attached hydrogens (primary N) is 1. The van der Waals surface area contributed by atoms with Crippen LogP contribution in [0.5, 0.6) is 11.5 Å². The first kappa shape index (κ1) is 26.2. The third kappa shape index (κ3) is 10.4. The molecule has 4 N–H and O–H groups in total. The summed E-state index contributed by atoms with van der Waals surface area (Å²) in [7, 11) is -1.74. The molecule has 0 radical (unpaired) electrons. The highest BCUT2D eigenvalue weighted by Crippen LogP contribution is 2.29. The second kappa shape index (κ2) is 11.9. The topological polar surface area (TPSA) is 145 Å². The third-order valence-electron chi connectivity index (χ3n) is 3.43. The second-order valence-electron chi connectivity index (χ2n) is 6.46. The van der Waals surface area contributed by atoms with Crippen LogP contribution in [0.15, 0.2) is 23.6 Å². The van der Waals surface area contributed by atoms with E-state index in [0.717, 1.165) is 11.7 Å². The minimum atomic E-state index is -3.27. The predicted molar refractivity (Wildman–Crippen MR) is 111 cm³/mol. The van der Waals surface area contributed by atoms with Crippen LogP contribution in [0.2, 0.25) is 0 Å². The fourth-order valence-electron chi connectivity index (χ4n) is 2.16. The van der Waals surface area contributed by atoms with E-state index in [9.17, 15) is 18.0 Å². The lowest BCUT2D eigenvalue weighted by Crippen LogP contribution is -2.43. The molecular weight excluding hydrogens is 400 g/mol. The van der Waals surface area contributed by atoms with Gasteiger partial charge in [0.05, 0.1) is 24.8 Å². The fourth-order valence-corrected chi connectivity index (χ4v) is 2.75. The fraction of sp³-hybridized carbons (Fsp3) is 0.474. The number of hydrogen-bond donors (Lipinski definition) is 3. The first-order valence-electron chi connectivity index (χ1n) is 8.80. The minimum absolute atomic E-state index is 0.0867. The molecule has 1 aromatic carbocycles. The SMILES string of the molecule is CC(=O)N[C@H](C(=O)O)C(C)C.CCOc1cc(/C(N)=C/S(C)(=O)=O)ccc1OC. The molecule has 1 atom stereocenters. The van der Waals surface area contributed by atoms with Crippen molar-refractivity contribution in [3.05, 3.63) is 29.2 Å². The van der Waals surface area contributed by atoms with Crippen LogP contribution in [0.1, 0.15) is 33.3 Å². The number of aliphatic carboxylic acids is 1. The molecule has 9 nitrogen and oxygen atoms in total. The van der Waals surface area contributed by atoms with Gasteiger partial charge in [0.25, 0.3) is 0 Å². The minimum Gasteiger partial charge on any atom is -0.493 e. The van der Waals surface area contributed by atoms with Crippen molar-refractivity contribution in [1.82, 2.24) is 5.32 Å². The van der Waals surface area contributed by atoms with Crippen LogP contribution in [0, 0.1) is 5.92 Å². The van der Waals surface area contributed by atoms with Gasteiger partial charge in [-0.05, 0) is 31.0 Å². The van der Waals surface area contributed by atoms with Gasteiger partial charge in [0.1, 0.15) is 6.04 Å². The number of carboxylic acids is 1. The molecule has 10 heteroatoms. The number of benzene rings is 1. The number of amides is 1. The van der Waals surface area contributed by atoms with Crippen molar-refractivity contribution in [2.75, 3.05) is 20.0 Å². The van der Waals surface area contributed by atoms with Gasteiger partial charge in [-0.25, -0.2) is 13.2 Å². The zero-order valence-corrected chi connectivity index (χ0v) is 18.4. The molecule has 0 aliphatic carbocycles. The van der Waals surface area contributed by atoms with Crippen LogP contribution < -0.4 is 20.5 Å². The molecule has 1 amide bonds.